The molecule has 0 atom stereocenters. The Kier molecular flexibility index (Phi) is 25.2. The molecule has 0 unspecified atom stereocenters. The predicted octanol–water partition coefficient (Wildman–Crippen LogP) is 0.782. The minimum absolute atomic E-state index is 1.28. The number of nitrogens with zero attached hydrogens (tertiary/aromatic N) is 3. The van der Waals surface area contributed by atoms with Gasteiger partial charge in [0.05, 0.1) is 70.4 Å². The fourth-order valence-electron chi connectivity index (χ4n) is 2.68. The summed E-state index contributed by atoms with van der Waals surface area (Å²) in [6.07, 6.45) is 0. The second kappa shape index (κ2) is 20.7. The second-order valence-corrected chi connectivity index (χ2v) is 6.01. The van der Waals surface area contributed by atoms with Gasteiger partial charge in [-0.15, -0.1) is 0 Å². The van der Waals surface area contributed by atoms with Gasteiger partial charge in [0.25, 0.3) is 0 Å². The number of carboxylic acids is 2. The Morgan fingerprint density at radius 3 is 0.741 bits per heavy atom. The fourth-order valence-corrected chi connectivity index (χ4v) is 2.68. The average Bonchev–Trinajstić information content (AvgIpc) is 2.68. The lowest BCUT2D eigenvalue weighted by Gasteiger charge is -2.34. The molecule has 0 aliphatic heterocycles. The maximum Gasteiger partial charge on any atom is 0.0870 e. The van der Waals surface area contributed by atoms with Crippen LogP contribution < -0.4 is 10.2 Å². The van der Waals surface area contributed by atoms with Gasteiger partial charge in [-0.05, 0) is 55.4 Å². The van der Waals surface area contributed by atoms with Crippen molar-refractivity contribution in [1.82, 2.24) is 0 Å². The molecule has 0 saturated heterocycles. The van der Waals surface area contributed by atoms with E-state index >= 15 is 0 Å². The lowest BCUT2D eigenvalue weighted by Crippen LogP contribution is -2.47. The number of rotatable bonds is 8. The van der Waals surface area contributed by atoms with Crippen molar-refractivity contribution in [3.8, 4) is 6.07 Å². The Morgan fingerprint density at radius 1 is 0.630 bits per heavy atom. The average molecular weight is 390 g/mol. The van der Waals surface area contributed by atoms with E-state index in [-0.39, 0.29) is 0 Å². The molecule has 7 nitrogen and oxygen atoms in total. The molecule has 0 aliphatic rings. The zero-order valence-corrected chi connectivity index (χ0v) is 19.1. The van der Waals surface area contributed by atoms with Crippen LogP contribution in [0.4, 0.5) is 0 Å². The van der Waals surface area contributed by atoms with Crippen LogP contribution in [0.1, 0.15) is 62.3 Å². The third kappa shape index (κ3) is 17.5. The summed E-state index contributed by atoms with van der Waals surface area (Å²) in [6.45, 7) is 29.9. The number of aliphatic carboxylic acids is 2. The predicted molar refractivity (Wildman–Crippen MR) is 106 cm³/mol. The van der Waals surface area contributed by atoms with Crippen molar-refractivity contribution in [2.75, 3.05) is 52.4 Å². The molecule has 7 heteroatoms. The fraction of sp³-hybridized carbons (Fsp3) is 0.850. The van der Waals surface area contributed by atoms with Gasteiger partial charge < -0.3 is 28.8 Å². The van der Waals surface area contributed by atoms with Crippen LogP contribution in [0.25, 0.3) is 0 Å². The topological polar surface area (TPSA) is 104 Å². The van der Waals surface area contributed by atoms with E-state index < -0.39 is 11.9 Å². The van der Waals surface area contributed by atoms with E-state index in [0.717, 1.165) is 0 Å². The largest absolute Gasteiger partial charge is 0.543 e. The zero-order valence-electron chi connectivity index (χ0n) is 19.1. The monoisotopic (exact) mass is 389 g/mol. The Bertz CT molecular complexity index is 332. The third-order valence-corrected chi connectivity index (χ3v) is 5.53. The summed E-state index contributed by atoms with van der Waals surface area (Å²) in [6, 6.07) is 1.75. The van der Waals surface area contributed by atoms with Crippen LogP contribution in [0.5, 0.6) is 0 Å². The standard InChI is InChI=1S/2C8H20N.C2H3N.C2H2O4/c2*1-5-9(6-2,7-3)8-4;1-2-3;3-1(4)2(5)6/h2*5-8H2,1-4H3;1H3;(H,3,4)(H,5,6)/q2*+1;;/p-2. The number of nitriles is 1. The van der Waals surface area contributed by atoms with Crippen LogP contribution in [-0.4, -0.2) is 73.3 Å². The van der Waals surface area contributed by atoms with E-state index in [1.165, 1.54) is 68.2 Å². The smallest absolute Gasteiger partial charge is 0.0870 e. The Morgan fingerprint density at radius 2 is 0.741 bits per heavy atom. The minimum Gasteiger partial charge on any atom is -0.543 e. The van der Waals surface area contributed by atoms with Gasteiger partial charge in [0.15, 0.2) is 0 Å². The summed E-state index contributed by atoms with van der Waals surface area (Å²) in [4.78, 5) is 17.9. The summed E-state index contributed by atoms with van der Waals surface area (Å²) >= 11 is 0. The molecule has 0 saturated carbocycles. The summed E-state index contributed by atoms with van der Waals surface area (Å²) in [5.41, 5.74) is 0. The van der Waals surface area contributed by atoms with Crippen molar-refractivity contribution >= 4 is 11.9 Å². The highest BCUT2D eigenvalue weighted by molar-refractivity contribution is 6.25. The molecule has 0 rings (SSSR count). The van der Waals surface area contributed by atoms with E-state index in [0.29, 0.717) is 0 Å². The number of hydrogen-bond donors (Lipinski definition) is 0. The summed E-state index contributed by atoms with van der Waals surface area (Å²) < 4.78 is 2.56. The van der Waals surface area contributed by atoms with E-state index in [9.17, 15) is 0 Å². The second-order valence-electron chi connectivity index (χ2n) is 6.01. The Labute approximate surface area is 167 Å². The highest BCUT2D eigenvalue weighted by Crippen LogP contribution is 2.03. The van der Waals surface area contributed by atoms with Crippen molar-refractivity contribution in [2.24, 2.45) is 0 Å². The first kappa shape index (κ1) is 33.0. The molecule has 0 aromatic heterocycles. The first-order valence-electron chi connectivity index (χ1n) is 9.98. The van der Waals surface area contributed by atoms with Gasteiger partial charge >= 0.3 is 0 Å². The van der Waals surface area contributed by atoms with Crippen LogP contribution >= 0.6 is 0 Å². The molecule has 0 aliphatic carbocycles. The van der Waals surface area contributed by atoms with Gasteiger partial charge in [-0.2, -0.15) is 5.26 Å². The number of hydrogen-bond acceptors (Lipinski definition) is 5. The van der Waals surface area contributed by atoms with Crippen molar-refractivity contribution in [3.63, 3.8) is 0 Å². The van der Waals surface area contributed by atoms with Gasteiger partial charge in [0.1, 0.15) is 0 Å². The van der Waals surface area contributed by atoms with Gasteiger partial charge in [0, 0.05) is 6.92 Å². The first-order chi connectivity index (χ1) is 12.5. The highest BCUT2D eigenvalue weighted by Gasteiger charge is 2.16. The summed E-state index contributed by atoms with van der Waals surface area (Å²) in [7, 11) is 0. The van der Waals surface area contributed by atoms with E-state index in [4.69, 9.17) is 25.1 Å². The normalized spacial score (nSPS) is 9.93. The molecule has 0 aromatic rings. The third-order valence-electron chi connectivity index (χ3n) is 5.53. The van der Waals surface area contributed by atoms with Gasteiger partial charge in [-0.1, -0.05) is 0 Å². The molecule has 0 fully saturated rings. The molecule has 0 aromatic carbocycles. The van der Waals surface area contributed by atoms with Crippen molar-refractivity contribution in [1.29, 1.82) is 5.26 Å². The molecule has 0 bridgehead atoms. The number of carboxylic acid groups (broad SMARTS) is 2. The SMILES string of the molecule is CC#N.CC[N+](CC)(CC)CC.CC[N+](CC)(CC)CC.O=C([O-])C(=O)[O-]. The summed E-state index contributed by atoms with van der Waals surface area (Å²) in [5.74, 6) is -4.37. The molecule has 0 heterocycles. The number of quaternary nitrogens is 2. The maximum absolute atomic E-state index is 8.93. The van der Waals surface area contributed by atoms with Gasteiger partial charge in [-0.3, -0.25) is 0 Å². The zero-order chi connectivity index (χ0) is 22.5. The quantitative estimate of drug-likeness (QED) is 0.451. The van der Waals surface area contributed by atoms with Crippen LogP contribution in [0.2, 0.25) is 0 Å². The molecule has 0 radical (unpaired) electrons. The summed E-state index contributed by atoms with van der Waals surface area (Å²) in [5, 5.41) is 25.2. The van der Waals surface area contributed by atoms with Crippen LogP contribution in [0, 0.1) is 11.3 Å². The number of carbonyl (C=O) groups excluding carboxylic acids is 2. The van der Waals surface area contributed by atoms with Crippen LogP contribution in [0.3, 0.4) is 0 Å². The van der Waals surface area contributed by atoms with Crippen LogP contribution in [-0.2, 0) is 9.59 Å². The Balaban J connectivity index is -0.000000139. The van der Waals surface area contributed by atoms with E-state index in [2.05, 4.69) is 55.4 Å². The highest BCUT2D eigenvalue weighted by atomic mass is 16.4. The van der Waals surface area contributed by atoms with Crippen LogP contribution in [0.15, 0.2) is 0 Å². The lowest BCUT2D eigenvalue weighted by atomic mass is 10.3. The van der Waals surface area contributed by atoms with E-state index in [1.807, 2.05) is 0 Å². The molecule has 0 N–H and O–H groups in total. The molecule has 0 amide bonds. The molecular weight excluding hydrogens is 346 g/mol. The molecule has 0 spiro atoms. The van der Waals surface area contributed by atoms with Crippen molar-refractivity contribution in [3.05, 3.63) is 0 Å². The molecular formula is C20H43N3O4. The van der Waals surface area contributed by atoms with Crippen molar-refractivity contribution in [2.45, 2.75) is 62.3 Å². The van der Waals surface area contributed by atoms with Gasteiger partial charge in [0.2, 0.25) is 0 Å². The number of carbonyl (C=O) groups is 2. The van der Waals surface area contributed by atoms with E-state index in [1.54, 1.807) is 6.07 Å². The molecule has 27 heavy (non-hydrogen) atoms. The van der Waals surface area contributed by atoms with Crippen molar-refractivity contribution < 1.29 is 28.8 Å². The minimum atomic E-state index is -2.19. The Hall–Kier alpha value is -1.65. The first-order valence-corrected chi connectivity index (χ1v) is 9.98. The lowest BCUT2D eigenvalue weighted by molar-refractivity contribution is -0.921. The molecule has 162 valence electrons. The van der Waals surface area contributed by atoms with Gasteiger partial charge in [-0.25, -0.2) is 0 Å². The maximum atomic E-state index is 8.93.